The SMILES string of the molecule is COc1c(C)cc(-c2cn(CCN)cn2)c(C)c1C. The number of nitrogens with two attached hydrogens (primary N) is 1. The van der Waals surface area contributed by atoms with Crippen LogP contribution in [0.4, 0.5) is 0 Å². The summed E-state index contributed by atoms with van der Waals surface area (Å²) in [7, 11) is 1.71. The molecular formula is C15H21N3O. The molecule has 4 heteroatoms. The summed E-state index contributed by atoms with van der Waals surface area (Å²) in [5, 5.41) is 0. The monoisotopic (exact) mass is 259 g/mol. The number of aromatic nitrogens is 2. The summed E-state index contributed by atoms with van der Waals surface area (Å²) < 4.78 is 7.47. The fourth-order valence-electron chi connectivity index (χ4n) is 2.41. The molecule has 4 nitrogen and oxygen atoms in total. The molecule has 2 rings (SSSR count). The molecule has 102 valence electrons. The van der Waals surface area contributed by atoms with Crippen LogP contribution in [0.15, 0.2) is 18.6 Å². The number of rotatable bonds is 4. The lowest BCUT2D eigenvalue weighted by Gasteiger charge is -2.14. The lowest BCUT2D eigenvalue weighted by atomic mass is 9.97. The van der Waals surface area contributed by atoms with Crippen molar-refractivity contribution >= 4 is 0 Å². The fraction of sp³-hybridized carbons (Fsp3) is 0.400. The topological polar surface area (TPSA) is 53.1 Å². The number of ether oxygens (including phenoxy) is 1. The minimum Gasteiger partial charge on any atom is -0.496 e. The van der Waals surface area contributed by atoms with E-state index in [1.54, 1.807) is 7.11 Å². The van der Waals surface area contributed by atoms with E-state index in [9.17, 15) is 0 Å². The Kier molecular flexibility index (Phi) is 3.90. The van der Waals surface area contributed by atoms with Gasteiger partial charge in [-0.2, -0.15) is 0 Å². The molecule has 1 aromatic heterocycles. The van der Waals surface area contributed by atoms with Crippen LogP contribution in [0.25, 0.3) is 11.3 Å². The molecule has 0 aliphatic rings. The van der Waals surface area contributed by atoms with E-state index < -0.39 is 0 Å². The van der Waals surface area contributed by atoms with E-state index in [1.165, 1.54) is 11.1 Å². The first-order valence-corrected chi connectivity index (χ1v) is 6.45. The van der Waals surface area contributed by atoms with Crippen LogP contribution < -0.4 is 10.5 Å². The summed E-state index contributed by atoms with van der Waals surface area (Å²) in [4.78, 5) is 4.47. The van der Waals surface area contributed by atoms with E-state index in [0.717, 1.165) is 29.1 Å². The van der Waals surface area contributed by atoms with Gasteiger partial charge in [-0.3, -0.25) is 0 Å². The zero-order chi connectivity index (χ0) is 14.0. The second-order valence-electron chi connectivity index (χ2n) is 4.81. The Morgan fingerprint density at radius 1 is 1.26 bits per heavy atom. The zero-order valence-corrected chi connectivity index (χ0v) is 12.0. The maximum absolute atomic E-state index is 5.56. The highest BCUT2D eigenvalue weighted by Crippen LogP contribution is 2.33. The molecule has 0 spiro atoms. The largest absolute Gasteiger partial charge is 0.496 e. The number of imidazole rings is 1. The molecule has 0 atom stereocenters. The van der Waals surface area contributed by atoms with Gasteiger partial charge >= 0.3 is 0 Å². The lowest BCUT2D eigenvalue weighted by Crippen LogP contribution is -2.07. The van der Waals surface area contributed by atoms with Crippen molar-refractivity contribution in [3.05, 3.63) is 35.3 Å². The first-order chi connectivity index (χ1) is 9.08. The smallest absolute Gasteiger partial charge is 0.124 e. The molecule has 0 aliphatic carbocycles. The van der Waals surface area contributed by atoms with Crippen LogP contribution in [-0.2, 0) is 6.54 Å². The van der Waals surface area contributed by atoms with Crippen molar-refractivity contribution in [2.45, 2.75) is 27.3 Å². The highest BCUT2D eigenvalue weighted by molar-refractivity contribution is 5.68. The molecule has 0 radical (unpaired) electrons. The van der Waals surface area contributed by atoms with Gasteiger partial charge in [0.25, 0.3) is 0 Å². The lowest BCUT2D eigenvalue weighted by molar-refractivity contribution is 0.408. The van der Waals surface area contributed by atoms with Gasteiger partial charge in [0, 0.05) is 24.8 Å². The summed E-state index contributed by atoms with van der Waals surface area (Å²) in [5.41, 5.74) is 11.2. The number of methoxy groups -OCH3 is 1. The molecule has 0 aliphatic heterocycles. The molecule has 2 aromatic rings. The van der Waals surface area contributed by atoms with E-state index in [4.69, 9.17) is 10.5 Å². The molecule has 0 unspecified atom stereocenters. The predicted octanol–water partition coefficient (Wildman–Crippen LogP) is 2.44. The van der Waals surface area contributed by atoms with Crippen LogP contribution in [0.5, 0.6) is 5.75 Å². The van der Waals surface area contributed by atoms with Gasteiger partial charge in [0.05, 0.1) is 19.1 Å². The Hall–Kier alpha value is -1.81. The van der Waals surface area contributed by atoms with Crippen molar-refractivity contribution in [2.24, 2.45) is 5.73 Å². The first-order valence-electron chi connectivity index (χ1n) is 6.45. The summed E-state index contributed by atoms with van der Waals surface area (Å²) in [6, 6.07) is 2.14. The summed E-state index contributed by atoms with van der Waals surface area (Å²) in [5.74, 6) is 0.961. The Labute approximate surface area is 114 Å². The predicted molar refractivity (Wildman–Crippen MR) is 77.5 cm³/mol. The van der Waals surface area contributed by atoms with Crippen LogP contribution in [0, 0.1) is 20.8 Å². The molecule has 0 bridgehead atoms. The normalized spacial score (nSPS) is 10.8. The maximum Gasteiger partial charge on any atom is 0.124 e. The number of aryl methyl sites for hydroxylation is 1. The fourth-order valence-corrected chi connectivity index (χ4v) is 2.41. The van der Waals surface area contributed by atoms with Crippen LogP contribution in [-0.4, -0.2) is 23.2 Å². The summed E-state index contributed by atoms with van der Waals surface area (Å²) in [6.07, 6.45) is 3.87. The van der Waals surface area contributed by atoms with Crippen molar-refractivity contribution in [2.75, 3.05) is 13.7 Å². The quantitative estimate of drug-likeness (QED) is 0.917. The van der Waals surface area contributed by atoms with Gasteiger partial charge in [-0.05, 0) is 43.5 Å². The highest BCUT2D eigenvalue weighted by atomic mass is 16.5. The molecule has 1 aromatic carbocycles. The van der Waals surface area contributed by atoms with Gasteiger partial charge in [0.1, 0.15) is 5.75 Å². The van der Waals surface area contributed by atoms with Crippen LogP contribution in [0.2, 0.25) is 0 Å². The van der Waals surface area contributed by atoms with Gasteiger partial charge in [0.15, 0.2) is 0 Å². The second kappa shape index (κ2) is 5.45. The maximum atomic E-state index is 5.56. The Morgan fingerprint density at radius 2 is 2.00 bits per heavy atom. The third kappa shape index (κ3) is 2.49. The summed E-state index contributed by atoms with van der Waals surface area (Å²) >= 11 is 0. The Bertz CT molecular complexity index is 587. The number of nitrogens with zero attached hydrogens (tertiary/aromatic N) is 2. The minimum atomic E-state index is 0.620. The number of hydrogen-bond donors (Lipinski definition) is 1. The van der Waals surface area contributed by atoms with Crippen molar-refractivity contribution < 1.29 is 4.74 Å². The van der Waals surface area contributed by atoms with E-state index in [1.807, 2.05) is 17.1 Å². The van der Waals surface area contributed by atoms with Gasteiger partial charge in [-0.15, -0.1) is 0 Å². The van der Waals surface area contributed by atoms with Crippen molar-refractivity contribution in [3.8, 4) is 17.0 Å². The minimum absolute atomic E-state index is 0.620. The third-order valence-corrected chi connectivity index (χ3v) is 3.53. The second-order valence-corrected chi connectivity index (χ2v) is 4.81. The van der Waals surface area contributed by atoms with E-state index >= 15 is 0 Å². The molecule has 19 heavy (non-hydrogen) atoms. The van der Waals surface area contributed by atoms with Crippen LogP contribution in [0.1, 0.15) is 16.7 Å². The average molecular weight is 259 g/mol. The van der Waals surface area contributed by atoms with Gasteiger partial charge < -0.3 is 15.0 Å². The van der Waals surface area contributed by atoms with E-state index in [2.05, 4.69) is 31.8 Å². The van der Waals surface area contributed by atoms with E-state index in [-0.39, 0.29) is 0 Å². The number of benzene rings is 1. The zero-order valence-electron chi connectivity index (χ0n) is 12.0. The van der Waals surface area contributed by atoms with Gasteiger partial charge in [0.2, 0.25) is 0 Å². The van der Waals surface area contributed by atoms with E-state index in [0.29, 0.717) is 6.54 Å². The molecule has 0 saturated heterocycles. The molecule has 0 saturated carbocycles. The van der Waals surface area contributed by atoms with Crippen molar-refractivity contribution in [1.29, 1.82) is 0 Å². The number of hydrogen-bond acceptors (Lipinski definition) is 3. The standard InChI is InChI=1S/C15H21N3O/c1-10-7-13(11(2)12(3)15(10)19-4)14-8-18(6-5-16)9-17-14/h7-9H,5-6,16H2,1-4H3. The molecule has 1 heterocycles. The van der Waals surface area contributed by atoms with Crippen LogP contribution >= 0.6 is 0 Å². The van der Waals surface area contributed by atoms with Crippen molar-refractivity contribution in [1.82, 2.24) is 9.55 Å². The molecule has 0 amide bonds. The first kappa shape index (κ1) is 13.6. The Morgan fingerprint density at radius 3 is 2.63 bits per heavy atom. The molecule has 2 N–H and O–H groups in total. The third-order valence-electron chi connectivity index (χ3n) is 3.53. The van der Waals surface area contributed by atoms with Gasteiger partial charge in [-0.25, -0.2) is 4.98 Å². The van der Waals surface area contributed by atoms with Gasteiger partial charge in [-0.1, -0.05) is 0 Å². The summed E-state index contributed by atoms with van der Waals surface area (Å²) in [6.45, 7) is 7.66. The average Bonchev–Trinajstić information content (AvgIpc) is 2.83. The van der Waals surface area contributed by atoms with Crippen molar-refractivity contribution in [3.63, 3.8) is 0 Å². The Balaban J connectivity index is 2.50. The molecule has 0 fully saturated rings. The van der Waals surface area contributed by atoms with Crippen LogP contribution in [0.3, 0.4) is 0 Å². The highest BCUT2D eigenvalue weighted by Gasteiger charge is 2.13. The molecular weight excluding hydrogens is 238 g/mol.